The molecule has 1 fully saturated rings. The lowest BCUT2D eigenvalue weighted by Crippen LogP contribution is -2.19. The Morgan fingerprint density at radius 2 is 2.21 bits per heavy atom. The van der Waals surface area contributed by atoms with Gasteiger partial charge >= 0.3 is 0 Å². The van der Waals surface area contributed by atoms with E-state index in [1.807, 2.05) is 12.1 Å². The summed E-state index contributed by atoms with van der Waals surface area (Å²) >= 11 is 9.54. The highest BCUT2D eigenvalue weighted by molar-refractivity contribution is 9.10. The molecule has 0 aliphatic heterocycles. The van der Waals surface area contributed by atoms with Crippen molar-refractivity contribution in [1.29, 1.82) is 0 Å². The van der Waals surface area contributed by atoms with Crippen LogP contribution in [-0.2, 0) is 6.42 Å². The van der Waals surface area contributed by atoms with Gasteiger partial charge in [0.2, 0.25) is 11.8 Å². The van der Waals surface area contributed by atoms with Crippen molar-refractivity contribution in [2.75, 3.05) is 6.54 Å². The molecule has 1 N–H and O–H groups in total. The van der Waals surface area contributed by atoms with Gasteiger partial charge in [-0.2, -0.15) is 0 Å². The normalized spacial score (nSPS) is 14.8. The first-order valence-electron chi connectivity index (χ1n) is 6.23. The smallest absolute Gasteiger partial charge is 0.249 e. The zero-order valence-electron chi connectivity index (χ0n) is 10.2. The van der Waals surface area contributed by atoms with Crippen molar-refractivity contribution in [2.45, 2.75) is 25.3 Å². The monoisotopic (exact) mass is 341 g/mol. The summed E-state index contributed by atoms with van der Waals surface area (Å²) in [6.45, 7) is 0.874. The number of rotatable bonds is 5. The summed E-state index contributed by atoms with van der Waals surface area (Å²) < 4.78 is 6.57. The van der Waals surface area contributed by atoms with Crippen molar-refractivity contribution in [2.24, 2.45) is 0 Å². The molecule has 1 saturated carbocycles. The molecule has 0 radical (unpaired) electrons. The summed E-state index contributed by atoms with van der Waals surface area (Å²) in [5.41, 5.74) is 0.755. The quantitative estimate of drug-likeness (QED) is 0.904. The minimum absolute atomic E-state index is 0.465. The number of benzene rings is 1. The highest BCUT2D eigenvalue weighted by Gasteiger charge is 2.20. The van der Waals surface area contributed by atoms with E-state index in [1.165, 1.54) is 12.8 Å². The average Bonchev–Trinajstić information content (AvgIpc) is 3.10. The molecular formula is C13H13BrClN3O. The number of halogens is 2. The molecule has 0 spiro atoms. The van der Waals surface area contributed by atoms with Gasteiger partial charge in [-0.15, -0.1) is 10.2 Å². The predicted molar refractivity (Wildman–Crippen MR) is 77.2 cm³/mol. The maximum atomic E-state index is 6.13. The van der Waals surface area contributed by atoms with Crippen LogP contribution in [0.5, 0.6) is 0 Å². The van der Waals surface area contributed by atoms with Crippen LogP contribution in [0.15, 0.2) is 27.1 Å². The van der Waals surface area contributed by atoms with Gasteiger partial charge in [-0.3, -0.25) is 0 Å². The summed E-state index contributed by atoms with van der Waals surface area (Å²) in [5.74, 6) is 1.10. The second-order valence-electron chi connectivity index (χ2n) is 4.60. The van der Waals surface area contributed by atoms with Crippen LogP contribution in [0, 0.1) is 0 Å². The molecule has 4 nitrogen and oxygen atoms in total. The molecule has 0 saturated heterocycles. The van der Waals surface area contributed by atoms with Crippen LogP contribution >= 0.6 is 27.5 Å². The topological polar surface area (TPSA) is 51.0 Å². The molecule has 0 bridgehead atoms. The molecular weight excluding hydrogens is 330 g/mol. The van der Waals surface area contributed by atoms with E-state index in [2.05, 4.69) is 31.4 Å². The van der Waals surface area contributed by atoms with E-state index >= 15 is 0 Å². The molecule has 0 amide bonds. The van der Waals surface area contributed by atoms with Crippen molar-refractivity contribution in [3.05, 3.63) is 33.6 Å². The molecule has 1 aromatic heterocycles. The summed E-state index contributed by atoms with van der Waals surface area (Å²) in [7, 11) is 0. The lowest BCUT2D eigenvalue weighted by molar-refractivity contribution is 0.494. The Morgan fingerprint density at radius 3 is 3.00 bits per heavy atom. The molecule has 0 atom stereocenters. The van der Waals surface area contributed by atoms with Gasteiger partial charge in [0.05, 0.1) is 10.6 Å². The third-order valence-electron chi connectivity index (χ3n) is 2.97. The maximum Gasteiger partial charge on any atom is 0.249 e. The van der Waals surface area contributed by atoms with Crippen molar-refractivity contribution < 1.29 is 4.42 Å². The molecule has 19 heavy (non-hydrogen) atoms. The van der Waals surface area contributed by atoms with Crippen molar-refractivity contribution in [3.63, 3.8) is 0 Å². The fourth-order valence-electron chi connectivity index (χ4n) is 1.80. The molecule has 1 aromatic carbocycles. The van der Waals surface area contributed by atoms with E-state index in [0.29, 0.717) is 22.8 Å². The Hall–Kier alpha value is -0.910. The minimum Gasteiger partial charge on any atom is -0.421 e. The first kappa shape index (κ1) is 13.1. The highest BCUT2D eigenvalue weighted by atomic mass is 79.9. The molecule has 0 unspecified atom stereocenters. The Bertz CT molecular complexity index is 583. The molecule has 1 aliphatic carbocycles. The standard InChI is InChI=1S/C13H13BrClN3O/c14-8-1-4-11(15)10(7-8)13-18-17-12(19-13)5-6-16-9-2-3-9/h1,4,7,9,16H,2-3,5-6H2. The van der Waals surface area contributed by atoms with Gasteiger partial charge in [0.15, 0.2) is 0 Å². The molecule has 3 rings (SSSR count). The predicted octanol–water partition coefficient (Wildman–Crippen LogP) is 3.45. The number of nitrogens with one attached hydrogen (secondary N) is 1. The van der Waals surface area contributed by atoms with E-state index in [9.17, 15) is 0 Å². The van der Waals surface area contributed by atoms with Crippen LogP contribution in [0.4, 0.5) is 0 Å². The summed E-state index contributed by atoms with van der Waals surface area (Å²) in [6.07, 6.45) is 3.31. The van der Waals surface area contributed by atoms with Crippen LogP contribution in [0.25, 0.3) is 11.5 Å². The first-order valence-corrected chi connectivity index (χ1v) is 7.40. The molecule has 1 aliphatic rings. The Morgan fingerprint density at radius 1 is 1.37 bits per heavy atom. The van der Waals surface area contributed by atoms with Crippen LogP contribution in [0.1, 0.15) is 18.7 Å². The van der Waals surface area contributed by atoms with Crippen molar-refractivity contribution >= 4 is 27.5 Å². The van der Waals surface area contributed by atoms with Crippen molar-refractivity contribution in [3.8, 4) is 11.5 Å². The van der Waals surface area contributed by atoms with Gasteiger partial charge < -0.3 is 9.73 Å². The molecule has 1 heterocycles. The van der Waals surface area contributed by atoms with Crippen LogP contribution in [0.3, 0.4) is 0 Å². The van der Waals surface area contributed by atoms with E-state index < -0.39 is 0 Å². The third kappa shape index (κ3) is 3.35. The summed E-state index contributed by atoms with van der Waals surface area (Å²) in [6, 6.07) is 6.26. The van der Waals surface area contributed by atoms with Gasteiger partial charge in [-0.1, -0.05) is 27.5 Å². The van der Waals surface area contributed by atoms with E-state index in [-0.39, 0.29) is 0 Å². The Labute approximate surface area is 124 Å². The highest BCUT2D eigenvalue weighted by Crippen LogP contribution is 2.29. The van der Waals surface area contributed by atoms with E-state index in [0.717, 1.165) is 23.0 Å². The number of hydrogen-bond donors (Lipinski definition) is 1. The SMILES string of the molecule is Clc1ccc(Br)cc1-c1nnc(CCNC2CC2)o1. The average molecular weight is 343 g/mol. The van der Waals surface area contributed by atoms with Crippen LogP contribution in [0.2, 0.25) is 5.02 Å². The van der Waals surface area contributed by atoms with Gasteiger partial charge in [0.1, 0.15) is 0 Å². The van der Waals surface area contributed by atoms with Gasteiger partial charge in [-0.25, -0.2) is 0 Å². The molecule has 100 valence electrons. The summed E-state index contributed by atoms with van der Waals surface area (Å²) in [4.78, 5) is 0. The maximum absolute atomic E-state index is 6.13. The van der Waals surface area contributed by atoms with Crippen molar-refractivity contribution in [1.82, 2.24) is 15.5 Å². The third-order valence-corrected chi connectivity index (χ3v) is 3.80. The second-order valence-corrected chi connectivity index (χ2v) is 5.93. The zero-order valence-corrected chi connectivity index (χ0v) is 12.5. The minimum atomic E-state index is 0.465. The fraction of sp³-hybridized carbons (Fsp3) is 0.385. The van der Waals surface area contributed by atoms with E-state index in [4.69, 9.17) is 16.0 Å². The number of hydrogen-bond acceptors (Lipinski definition) is 4. The lowest BCUT2D eigenvalue weighted by Gasteiger charge is -2.00. The largest absolute Gasteiger partial charge is 0.421 e. The Balaban J connectivity index is 1.70. The fourth-order valence-corrected chi connectivity index (χ4v) is 2.36. The van der Waals surface area contributed by atoms with Gasteiger partial charge in [0.25, 0.3) is 0 Å². The first-order chi connectivity index (χ1) is 9.22. The second kappa shape index (κ2) is 5.61. The number of nitrogens with zero attached hydrogens (tertiary/aromatic N) is 2. The molecule has 6 heteroatoms. The van der Waals surface area contributed by atoms with E-state index in [1.54, 1.807) is 6.07 Å². The van der Waals surface area contributed by atoms with Crippen LogP contribution in [-0.4, -0.2) is 22.8 Å². The lowest BCUT2D eigenvalue weighted by atomic mass is 10.2. The van der Waals surface area contributed by atoms with Gasteiger partial charge in [0, 0.05) is 23.5 Å². The molecule has 2 aromatic rings. The summed E-state index contributed by atoms with van der Waals surface area (Å²) in [5, 5.41) is 12.1. The van der Waals surface area contributed by atoms with Crippen LogP contribution < -0.4 is 5.32 Å². The number of aromatic nitrogens is 2. The van der Waals surface area contributed by atoms with Gasteiger partial charge in [-0.05, 0) is 31.0 Å². The zero-order chi connectivity index (χ0) is 13.2. The Kier molecular flexibility index (Phi) is 3.86.